The summed E-state index contributed by atoms with van der Waals surface area (Å²) in [7, 11) is 0. The van der Waals surface area contributed by atoms with Crippen molar-refractivity contribution in [3.05, 3.63) is 0 Å². The third-order valence-electron chi connectivity index (χ3n) is 4.09. The molecule has 0 aliphatic heterocycles. The predicted octanol–water partition coefficient (Wildman–Crippen LogP) is -2.72. The van der Waals surface area contributed by atoms with Crippen molar-refractivity contribution >= 4 is 60.0 Å². The first-order valence-corrected chi connectivity index (χ1v) is 11.4. The van der Waals surface area contributed by atoms with Crippen molar-refractivity contribution in [3.8, 4) is 0 Å². The van der Waals surface area contributed by atoms with E-state index in [0.29, 0.717) is 12.2 Å². The number of primary amides is 1. The topological polar surface area (TPSA) is 231 Å². The number of carboxylic acid groups (broad SMARTS) is 2. The van der Waals surface area contributed by atoms with E-state index in [1.807, 2.05) is 11.6 Å². The molecule has 0 spiro atoms. The van der Waals surface area contributed by atoms with E-state index in [1.165, 1.54) is 11.8 Å². The predicted molar refractivity (Wildman–Crippen MR) is 119 cm³/mol. The second-order valence-corrected chi connectivity index (χ2v) is 8.05. The molecule has 0 saturated heterocycles. The van der Waals surface area contributed by atoms with Gasteiger partial charge in [0.05, 0.1) is 12.5 Å². The molecule has 0 aromatic carbocycles. The van der Waals surface area contributed by atoms with Crippen LogP contribution in [0.1, 0.15) is 25.7 Å². The Bertz CT molecular complexity index is 708. The molecule has 0 rings (SSSR count). The highest BCUT2D eigenvalue weighted by Gasteiger charge is 2.30. The third kappa shape index (κ3) is 11.8. The largest absolute Gasteiger partial charge is 0.481 e. The van der Waals surface area contributed by atoms with Crippen LogP contribution in [0.5, 0.6) is 0 Å². The first-order valence-electron chi connectivity index (χ1n) is 9.42. The molecular formula is C17H29N5O8S2. The summed E-state index contributed by atoms with van der Waals surface area (Å²) < 4.78 is 0. The molecule has 0 aliphatic rings. The molecule has 0 bridgehead atoms. The number of amides is 4. The van der Waals surface area contributed by atoms with Crippen LogP contribution in [0, 0.1) is 0 Å². The maximum absolute atomic E-state index is 12.6. The molecule has 0 aliphatic carbocycles. The van der Waals surface area contributed by atoms with Gasteiger partial charge in [-0.05, 0) is 24.9 Å². The summed E-state index contributed by atoms with van der Waals surface area (Å²) in [5, 5.41) is 24.7. The number of thioether (sulfide) groups is 1. The Morgan fingerprint density at radius 1 is 0.906 bits per heavy atom. The minimum absolute atomic E-state index is 0.153. The van der Waals surface area contributed by atoms with E-state index < -0.39 is 72.6 Å². The van der Waals surface area contributed by atoms with Crippen LogP contribution in [0.4, 0.5) is 0 Å². The lowest BCUT2D eigenvalue weighted by molar-refractivity contribution is -0.144. The van der Waals surface area contributed by atoms with E-state index in [0.717, 1.165) is 0 Å². The van der Waals surface area contributed by atoms with Gasteiger partial charge in [0.25, 0.3) is 0 Å². The van der Waals surface area contributed by atoms with Crippen LogP contribution in [0.2, 0.25) is 0 Å². The van der Waals surface area contributed by atoms with Crippen molar-refractivity contribution in [3.63, 3.8) is 0 Å². The van der Waals surface area contributed by atoms with E-state index in [9.17, 15) is 28.8 Å². The fourth-order valence-electron chi connectivity index (χ4n) is 2.33. The monoisotopic (exact) mass is 495 g/mol. The Hall–Kier alpha value is -2.52. The van der Waals surface area contributed by atoms with E-state index in [1.54, 1.807) is 0 Å². The number of aliphatic carboxylic acids is 2. The van der Waals surface area contributed by atoms with Gasteiger partial charge in [-0.25, -0.2) is 4.79 Å². The third-order valence-corrected chi connectivity index (χ3v) is 5.09. The molecule has 15 heteroatoms. The van der Waals surface area contributed by atoms with E-state index in [2.05, 4.69) is 23.3 Å². The summed E-state index contributed by atoms with van der Waals surface area (Å²) >= 11 is 5.49. The fourth-order valence-corrected chi connectivity index (χ4v) is 3.08. The highest BCUT2D eigenvalue weighted by Crippen LogP contribution is 2.04. The lowest BCUT2D eigenvalue weighted by atomic mass is 10.1. The SMILES string of the molecule is CSCCC(N)C(=O)NC(CS)C(=O)NC(CCC(=O)O)C(=O)NC(CC(N)=O)C(=O)O. The average Bonchev–Trinajstić information content (AvgIpc) is 2.71. The Morgan fingerprint density at radius 2 is 1.44 bits per heavy atom. The zero-order valence-electron chi connectivity index (χ0n) is 17.4. The number of thiol groups is 1. The number of carboxylic acids is 2. The number of carbonyl (C=O) groups is 6. The molecule has 4 amide bonds. The van der Waals surface area contributed by atoms with Crippen LogP contribution in [0.15, 0.2) is 0 Å². The Kier molecular flexibility index (Phi) is 14.1. The van der Waals surface area contributed by atoms with Gasteiger partial charge in [-0.15, -0.1) is 0 Å². The smallest absolute Gasteiger partial charge is 0.326 e. The van der Waals surface area contributed by atoms with Gasteiger partial charge >= 0.3 is 11.9 Å². The Morgan fingerprint density at radius 3 is 1.91 bits per heavy atom. The molecule has 13 nitrogen and oxygen atoms in total. The summed E-state index contributed by atoms with van der Waals surface area (Å²) in [6.45, 7) is 0. The van der Waals surface area contributed by atoms with Crippen molar-refractivity contribution in [2.45, 2.75) is 49.9 Å². The first-order chi connectivity index (χ1) is 14.9. The normalized spacial score (nSPS) is 14.3. The molecule has 0 heterocycles. The van der Waals surface area contributed by atoms with Crippen molar-refractivity contribution in [2.75, 3.05) is 17.8 Å². The molecule has 4 unspecified atom stereocenters. The van der Waals surface area contributed by atoms with E-state index in [4.69, 9.17) is 21.7 Å². The molecular weight excluding hydrogens is 466 g/mol. The van der Waals surface area contributed by atoms with Crippen LogP contribution in [0.25, 0.3) is 0 Å². The van der Waals surface area contributed by atoms with Crippen molar-refractivity contribution in [2.24, 2.45) is 11.5 Å². The van der Waals surface area contributed by atoms with Gasteiger partial charge in [-0.2, -0.15) is 24.4 Å². The van der Waals surface area contributed by atoms with Gasteiger partial charge in [-0.3, -0.25) is 24.0 Å². The lowest BCUT2D eigenvalue weighted by Gasteiger charge is -2.24. The first kappa shape index (κ1) is 29.5. The van der Waals surface area contributed by atoms with E-state index in [-0.39, 0.29) is 12.2 Å². The molecule has 0 radical (unpaired) electrons. The molecule has 32 heavy (non-hydrogen) atoms. The molecule has 0 fully saturated rings. The Balaban J connectivity index is 5.31. The van der Waals surface area contributed by atoms with Crippen LogP contribution in [-0.4, -0.2) is 87.7 Å². The molecule has 0 aromatic rings. The Labute approximate surface area is 194 Å². The number of nitrogens with one attached hydrogen (secondary N) is 3. The van der Waals surface area contributed by atoms with Crippen molar-refractivity contribution in [1.82, 2.24) is 16.0 Å². The maximum Gasteiger partial charge on any atom is 0.326 e. The highest BCUT2D eigenvalue weighted by atomic mass is 32.2. The number of carbonyl (C=O) groups excluding carboxylic acids is 4. The average molecular weight is 496 g/mol. The minimum Gasteiger partial charge on any atom is -0.481 e. The van der Waals surface area contributed by atoms with Gasteiger partial charge in [0, 0.05) is 12.2 Å². The van der Waals surface area contributed by atoms with Crippen molar-refractivity contribution < 1.29 is 39.0 Å². The summed E-state index contributed by atoms with van der Waals surface area (Å²) in [6.07, 6.45) is 0.604. The molecule has 9 N–H and O–H groups in total. The molecule has 4 atom stereocenters. The number of nitrogens with two attached hydrogens (primary N) is 2. The maximum atomic E-state index is 12.6. The second kappa shape index (κ2) is 15.3. The van der Waals surface area contributed by atoms with Crippen LogP contribution < -0.4 is 27.4 Å². The summed E-state index contributed by atoms with van der Waals surface area (Å²) in [5.41, 5.74) is 10.7. The van der Waals surface area contributed by atoms with Gasteiger partial charge in [-0.1, -0.05) is 0 Å². The van der Waals surface area contributed by atoms with Crippen molar-refractivity contribution in [1.29, 1.82) is 0 Å². The van der Waals surface area contributed by atoms with Gasteiger partial charge in [0.1, 0.15) is 18.1 Å². The van der Waals surface area contributed by atoms with Crippen LogP contribution in [-0.2, 0) is 28.8 Å². The molecule has 182 valence electrons. The molecule has 0 aromatic heterocycles. The van der Waals surface area contributed by atoms with E-state index >= 15 is 0 Å². The van der Waals surface area contributed by atoms with Crippen LogP contribution in [0.3, 0.4) is 0 Å². The number of hydrogen-bond acceptors (Lipinski definition) is 9. The minimum atomic E-state index is -1.67. The fraction of sp³-hybridized carbons (Fsp3) is 0.647. The molecule has 0 saturated carbocycles. The lowest BCUT2D eigenvalue weighted by Crippen LogP contribution is -2.58. The number of rotatable bonds is 16. The van der Waals surface area contributed by atoms with Gasteiger partial charge < -0.3 is 37.6 Å². The summed E-state index contributed by atoms with van der Waals surface area (Å²) in [6, 6.07) is -5.18. The zero-order valence-corrected chi connectivity index (χ0v) is 19.1. The quantitative estimate of drug-likeness (QED) is 0.103. The van der Waals surface area contributed by atoms with Gasteiger partial charge in [0.15, 0.2) is 0 Å². The van der Waals surface area contributed by atoms with Crippen LogP contribution >= 0.6 is 24.4 Å². The number of hydrogen-bond donors (Lipinski definition) is 8. The second-order valence-electron chi connectivity index (χ2n) is 6.70. The standard InChI is InChI=1S/C17H29N5O8S2/c1-32-5-4-8(18)14(26)22-11(7-31)16(28)20-9(2-3-13(24)25)15(27)21-10(17(29)30)6-12(19)23/h8-11,31H,2-7,18H2,1H3,(H2,19,23)(H,20,28)(H,21,27)(H,22,26)(H,24,25)(H,29,30). The van der Waals surface area contributed by atoms with Gasteiger partial charge in [0.2, 0.25) is 23.6 Å². The zero-order chi connectivity index (χ0) is 24.8. The summed E-state index contributed by atoms with van der Waals surface area (Å²) in [4.78, 5) is 70.3. The highest BCUT2D eigenvalue weighted by molar-refractivity contribution is 7.98. The summed E-state index contributed by atoms with van der Waals surface area (Å²) in [5.74, 6) is -5.80.